The average Bonchev–Trinajstić information content (AvgIpc) is 2.41. The molecule has 0 aromatic heterocycles. The highest BCUT2D eigenvalue weighted by molar-refractivity contribution is 7.99. The Kier molecular flexibility index (Phi) is 7.74. The van der Waals surface area contributed by atoms with Crippen molar-refractivity contribution in [1.82, 2.24) is 0 Å². The van der Waals surface area contributed by atoms with Crippen LogP contribution in [0.25, 0.3) is 0 Å². The highest BCUT2D eigenvalue weighted by Crippen LogP contribution is 2.17. The highest BCUT2D eigenvalue weighted by atomic mass is 32.2. The molecule has 1 rings (SSSR count). The van der Waals surface area contributed by atoms with Crippen LogP contribution in [0.3, 0.4) is 0 Å². The Morgan fingerprint density at radius 3 is 2.28 bits per heavy atom. The molecule has 0 fully saturated rings. The molecule has 0 bridgehead atoms. The molecular weight excluding hydrogens is 240 g/mol. The third kappa shape index (κ3) is 5.21. The van der Waals surface area contributed by atoms with E-state index in [0.717, 1.165) is 19.6 Å². The molecule has 0 amide bonds. The largest absolute Gasteiger partial charge is 0.385 e. The van der Waals surface area contributed by atoms with Gasteiger partial charge in [-0.2, -0.15) is 11.8 Å². The number of nitrogens with one attached hydrogen (secondary N) is 1. The SMILES string of the molecule is CCSCCCNc1ccc(N(CC)CC)cc1. The van der Waals surface area contributed by atoms with Gasteiger partial charge in [0.05, 0.1) is 0 Å². The van der Waals surface area contributed by atoms with Gasteiger partial charge in [-0.25, -0.2) is 0 Å². The predicted octanol–water partition coefficient (Wildman–Crippen LogP) is 4.09. The van der Waals surface area contributed by atoms with Crippen molar-refractivity contribution in [2.45, 2.75) is 27.2 Å². The van der Waals surface area contributed by atoms with Gasteiger partial charge in [0.1, 0.15) is 0 Å². The van der Waals surface area contributed by atoms with Gasteiger partial charge in [-0.1, -0.05) is 6.92 Å². The quantitative estimate of drug-likeness (QED) is 0.678. The summed E-state index contributed by atoms with van der Waals surface area (Å²) in [7, 11) is 0. The molecule has 0 heterocycles. The summed E-state index contributed by atoms with van der Waals surface area (Å²) in [6.45, 7) is 9.80. The normalized spacial score (nSPS) is 10.4. The summed E-state index contributed by atoms with van der Waals surface area (Å²) in [5.41, 5.74) is 2.54. The van der Waals surface area contributed by atoms with Crippen LogP contribution in [0, 0.1) is 0 Å². The Labute approximate surface area is 116 Å². The second-order valence-corrected chi connectivity index (χ2v) is 5.59. The first kappa shape index (κ1) is 15.2. The molecule has 0 aliphatic rings. The molecule has 1 N–H and O–H groups in total. The minimum absolute atomic E-state index is 1.07. The Hall–Kier alpha value is -0.830. The zero-order valence-corrected chi connectivity index (χ0v) is 12.7. The van der Waals surface area contributed by atoms with Gasteiger partial charge in [0.15, 0.2) is 0 Å². The predicted molar refractivity (Wildman–Crippen MR) is 86.1 cm³/mol. The lowest BCUT2D eigenvalue weighted by Crippen LogP contribution is -2.21. The van der Waals surface area contributed by atoms with E-state index in [9.17, 15) is 0 Å². The monoisotopic (exact) mass is 266 g/mol. The first-order valence-corrected chi connectivity index (χ1v) is 8.13. The van der Waals surface area contributed by atoms with Crippen molar-refractivity contribution in [2.75, 3.05) is 41.4 Å². The third-order valence-corrected chi connectivity index (χ3v) is 3.98. The zero-order chi connectivity index (χ0) is 13.2. The molecule has 18 heavy (non-hydrogen) atoms. The van der Waals surface area contributed by atoms with Gasteiger partial charge >= 0.3 is 0 Å². The van der Waals surface area contributed by atoms with Crippen LogP contribution in [0.15, 0.2) is 24.3 Å². The van der Waals surface area contributed by atoms with Crippen molar-refractivity contribution in [1.29, 1.82) is 0 Å². The van der Waals surface area contributed by atoms with E-state index >= 15 is 0 Å². The first-order chi connectivity index (χ1) is 8.81. The minimum Gasteiger partial charge on any atom is -0.385 e. The molecule has 0 aliphatic carbocycles. The number of anilines is 2. The van der Waals surface area contributed by atoms with Crippen LogP contribution in [-0.4, -0.2) is 31.1 Å². The van der Waals surface area contributed by atoms with Gasteiger partial charge in [0.25, 0.3) is 0 Å². The zero-order valence-electron chi connectivity index (χ0n) is 11.9. The standard InChI is InChI=1S/C15H26N2S/c1-4-17(5-2)15-10-8-14(9-11-15)16-12-7-13-18-6-3/h8-11,16H,4-7,12-13H2,1-3H3. The molecule has 0 saturated heterocycles. The van der Waals surface area contributed by atoms with Gasteiger partial charge in [0, 0.05) is 31.0 Å². The fraction of sp³-hybridized carbons (Fsp3) is 0.600. The molecule has 0 unspecified atom stereocenters. The number of hydrogen-bond donors (Lipinski definition) is 1. The fourth-order valence-corrected chi connectivity index (χ4v) is 2.57. The summed E-state index contributed by atoms with van der Waals surface area (Å²) >= 11 is 2.01. The number of rotatable bonds is 9. The third-order valence-electron chi connectivity index (χ3n) is 2.99. The van der Waals surface area contributed by atoms with Crippen molar-refractivity contribution in [2.24, 2.45) is 0 Å². The van der Waals surface area contributed by atoms with Gasteiger partial charge in [0.2, 0.25) is 0 Å². The van der Waals surface area contributed by atoms with Gasteiger partial charge in [-0.15, -0.1) is 0 Å². The van der Waals surface area contributed by atoms with Crippen LogP contribution in [0.1, 0.15) is 27.2 Å². The maximum atomic E-state index is 3.47. The molecular formula is C15H26N2S. The molecule has 0 aliphatic heterocycles. The number of hydrogen-bond acceptors (Lipinski definition) is 3. The summed E-state index contributed by atoms with van der Waals surface area (Å²) < 4.78 is 0. The van der Waals surface area contributed by atoms with E-state index < -0.39 is 0 Å². The lowest BCUT2D eigenvalue weighted by atomic mass is 10.2. The Morgan fingerprint density at radius 2 is 1.72 bits per heavy atom. The van der Waals surface area contributed by atoms with Crippen LogP contribution in [0.4, 0.5) is 11.4 Å². The van der Waals surface area contributed by atoms with Crippen molar-refractivity contribution in [3.05, 3.63) is 24.3 Å². The highest BCUT2D eigenvalue weighted by Gasteiger charge is 2.00. The Bertz CT molecular complexity index is 307. The summed E-state index contributed by atoms with van der Waals surface area (Å²) in [6, 6.07) is 8.77. The first-order valence-electron chi connectivity index (χ1n) is 6.98. The van der Waals surface area contributed by atoms with E-state index in [2.05, 4.69) is 55.3 Å². The molecule has 2 nitrogen and oxygen atoms in total. The molecule has 0 atom stereocenters. The fourth-order valence-electron chi connectivity index (χ4n) is 1.93. The van der Waals surface area contributed by atoms with E-state index in [1.807, 2.05) is 11.8 Å². The van der Waals surface area contributed by atoms with E-state index in [1.165, 1.54) is 29.3 Å². The van der Waals surface area contributed by atoms with E-state index in [-0.39, 0.29) is 0 Å². The Balaban J connectivity index is 2.35. The summed E-state index contributed by atoms with van der Waals surface area (Å²) in [5.74, 6) is 2.47. The van der Waals surface area contributed by atoms with E-state index in [0.29, 0.717) is 0 Å². The molecule has 0 saturated carbocycles. The van der Waals surface area contributed by atoms with Gasteiger partial charge < -0.3 is 10.2 Å². The maximum Gasteiger partial charge on any atom is 0.0367 e. The second kappa shape index (κ2) is 9.15. The van der Waals surface area contributed by atoms with Gasteiger partial charge in [-0.3, -0.25) is 0 Å². The van der Waals surface area contributed by atoms with Crippen molar-refractivity contribution >= 4 is 23.1 Å². The lowest BCUT2D eigenvalue weighted by molar-refractivity contribution is 0.866. The van der Waals surface area contributed by atoms with Crippen LogP contribution in [-0.2, 0) is 0 Å². The number of benzene rings is 1. The van der Waals surface area contributed by atoms with E-state index in [1.54, 1.807) is 0 Å². The summed E-state index contributed by atoms with van der Waals surface area (Å²) in [4.78, 5) is 2.36. The molecule has 1 aromatic rings. The maximum absolute atomic E-state index is 3.47. The molecule has 1 aromatic carbocycles. The lowest BCUT2D eigenvalue weighted by Gasteiger charge is -2.21. The number of nitrogens with zero attached hydrogens (tertiary/aromatic N) is 1. The second-order valence-electron chi connectivity index (χ2n) is 4.20. The molecule has 0 radical (unpaired) electrons. The Morgan fingerprint density at radius 1 is 1.06 bits per heavy atom. The molecule has 102 valence electrons. The van der Waals surface area contributed by atoms with Crippen LogP contribution >= 0.6 is 11.8 Å². The molecule has 3 heteroatoms. The van der Waals surface area contributed by atoms with Crippen molar-refractivity contribution in [3.8, 4) is 0 Å². The summed E-state index contributed by atoms with van der Waals surface area (Å²) in [5, 5.41) is 3.47. The van der Waals surface area contributed by atoms with Crippen LogP contribution in [0.5, 0.6) is 0 Å². The van der Waals surface area contributed by atoms with Crippen molar-refractivity contribution in [3.63, 3.8) is 0 Å². The topological polar surface area (TPSA) is 15.3 Å². The van der Waals surface area contributed by atoms with Crippen LogP contribution in [0.2, 0.25) is 0 Å². The minimum atomic E-state index is 1.07. The van der Waals surface area contributed by atoms with E-state index in [4.69, 9.17) is 0 Å². The van der Waals surface area contributed by atoms with Crippen LogP contribution < -0.4 is 10.2 Å². The molecule has 0 spiro atoms. The van der Waals surface area contributed by atoms with Gasteiger partial charge in [-0.05, 0) is 56.0 Å². The average molecular weight is 266 g/mol. The summed E-state index contributed by atoms with van der Waals surface area (Å²) in [6.07, 6.45) is 1.23. The smallest absolute Gasteiger partial charge is 0.0367 e. The van der Waals surface area contributed by atoms with Crippen molar-refractivity contribution < 1.29 is 0 Å². The number of thioether (sulfide) groups is 1.